The maximum atomic E-state index is 12.0. The van der Waals surface area contributed by atoms with Crippen molar-refractivity contribution in [3.63, 3.8) is 0 Å². The Labute approximate surface area is 90.3 Å². The maximum Gasteiger partial charge on any atom is 0.168 e. The Kier molecular flexibility index (Phi) is 3.40. The number of benzene rings is 1. The monoisotopic (exact) mass is 204 g/mol. The smallest absolute Gasteiger partial charge is 0.168 e. The standard InChI is InChI=1S/C13H16O2/c1-13(2,3)12(15)11-7-5-4-6-10(11)8-9-14/h4-7,9H,8H2,1-3H3. The predicted molar refractivity (Wildman–Crippen MR) is 60.0 cm³/mol. The van der Waals surface area contributed by atoms with Gasteiger partial charge in [0.1, 0.15) is 6.29 Å². The second-order valence-electron chi connectivity index (χ2n) is 4.61. The first-order chi connectivity index (χ1) is 6.96. The lowest BCUT2D eigenvalue weighted by molar-refractivity contribution is -0.107. The van der Waals surface area contributed by atoms with Crippen molar-refractivity contribution in [2.75, 3.05) is 0 Å². The summed E-state index contributed by atoms with van der Waals surface area (Å²) in [5.74, 6) is 0.0833. The molecule has 0 saturated heterocycles. The lowest BCUT2D eigenvalue weighted by atomic mass is 9.84. The van der Waals surface area contributed by atoms with Crippen molar-refractivity contribution < 1.29 is 9.59 Å². The van der Waals surface area contributed by atoms with Crippen LogP contribution in [-0.2, 0) is 11.2 Å². The molecule has 0 radical (unpaired) electrons. The Morgan fingerprint density at radius 1 is 1.27 bits per heavy atom. The molecule has 1 rings (SSSR count). The van der Waals surface area contributed by atoms with E-state index in [1.54, 1.807) is 6.07 Å². The largest absolute Gasteiger partial charge is 0.303 e. The summed E-state index contributed by atoms with van der Waals surface area (Å²) in [5, 5.41) is 0. The van der Waals surface area contributed by atoms with Gasteiger partial charge in [0.05, 0.1) is 0 Å². The van der Waals surface area contributed by atoms with E-state index in [1.165, 1.54) is 0 Å². The van der Waals surface area contributed by atoms with Crippen LogP contribution in [0.3, 0.4) is 0 Å². The van der Waals surface area contributed by atoms with E-state index in [-0.39, 0.29) is 5.78 Å². The van der Waals surface area contributed by atoms with Crippen LogP contribution in [0.1, 0.15) is 36.7 Å². The third kappa shape index (κ3) is 2.75. The molecule has 0 spiro atoms. The van der Waals surface area contributed by atoms with E-state index in [9.17, 15) is 9.59 Å². The number of carbonyl (C=O) groups is 2. The SMILES string of the molecule is CC(C)(C)C(=O)c1ccccc1CC=O. The molecule has 0 bridgehead atoms. The van der Waals surface area contributed by atoms with E-state index in [0.717, 1.165) is 11.8 Å². The molecule has 0 aliphatic carbocycles. The molecule has 0 fully saturated rings. The topological polar surface area (TPSA) is 34.1 Å². The molecule has 2 heteroatoms. The van der Waals surface area contributed by atoms with Gasteiger partial charge in [-0.1, -0.05) is 45.0 Å². The quantitative estimate of drug-likeness (QED) is 0.560. The van der Waals surface area contributed by atoms with Crippen molar-refractivity contribution in [2.24, 2.45) is 5.41 Å². The zero-order valence-electron chi connectivity index (χ0n) is 9.41. The molecule has 0 aromatic heterocycles. The van der Waals surface area contributed by atoms with Gasteiger partial charge in [-0.25, -0.2) is 0 Å². The van der Waals surface area contributed by atoms with E-state index < -0.39 is 5.41 Å². The number of carbonyl (C=O) groups excluding carboxylic acids is 2. The molecular weight excluding hydrogens is 188 g/mol. The van der Waals surface area contributed by atoms with Crippen LogP contribution in [0.25, 0.3) is 0 Å². The second-order valence-corrected chi connectivity index (χ2v) is 4.61. The summed E-state index contributed by atoms with van der Waals surface area (Å²) >= 11 is 0. The highest BCUT2D eigenvalue weighted by molar-refractivity contribution is 6.01. The molecule has 0 atom stereocenters. The highest BCUT2D eigenvalue weighted by Crippen LogP contribution is 2.23. The molecule has 0 aliphatic rings. The summed E-state index contributed by atoms with van der Waals surface area (Å²) in [7, 11) is 0. The fourth-order valence-electron chi connectivity index (χ4n) is 1.41. The van der Waals surface area contributed by atoms with Crippen molar-refractivity contribution in [1.29, 1.82) is 0 Å². The van der Waals surface area contributed by atoms with Gasteiger partial charge in [0.15, 0.2) is 5.78 Å². The molecule has 15 heavy (non-hydrogen) atoms. The summed E-state index contributed by atoms with van der Waals surface area (Å²) in [6.45, 7) is 5.65. The minimum Gasteiger partial charge on any atom is -0.303 e. The number of aldehydes is 1. The van der Waals surface area contributed by atoms with Gasteiger partial charge >= 0.3 is 0 Å². The van der Waals surface area contributed by atoms with Gasteiger partial charge in [0.25, 0.3) is 0 Å². The average molecular weight is 204 g/mol. The Morgan fingerprint density at radius 2 is 1.87 bits per heavy atom. The van der Waals surface area contributed by atoms with Crippen LogP contribution < -0.4 is 0 Å². The van der Waals surface area contributed by atoms with Crippen molar-refractivity contribution >= 4 is 12.1 Å². The zero-order valence-corrected chi connectivity index (χ0v) is 9.41. The summed E-state index contributed by atoms with van der Waals surface area (Å²) < 4.78 is 0. The Hall–Kier alpha value is -1.44. The molecule has 0 aliphatic heterocycles. The summed E-state index contributed by atoms with van der Waals surface area (Å²) in [4.78, 5) is 22.5. The molecule has 0 unspecified atom stereocenters. The number of hydrogen-bond acceptors (Lipinski definition) is 2. The van der Waals surface area contributed by atoms with Gasteiger partial charge in [-0.3, -0.25) is 4.79 Å². The number of Topliss-reactive ketones (excluding diaryl/α,β-unsaturated/α-hetero) is 1. The van der Waals surface area contributed by atoms with Crippen molar-refractivity contribution in [1.82, 2.24) is 0 Å². The summed E-state index contributed by atoms with van der Waals surface area (Å²) in [5.41, 5.74) is 1.07. The first-order valence-corrected chi connectivity index (χ1v) is 5.03. The number of hydrogen-bond donors (Lipinski definition) is 0. The van der Waals surface area contributed by atoms with Crippen LogP contribution in [0.4, 0.5) is 0 Å². The first kappa shape index (κ1) is 11.6. The number of ketones is 1. The van der Waals surface area contributed by atoms with Gasteiger partial charge in [-0.2, -0.15) is 0 Å². The third-order valence-electron chi connectivity index (χ3n) is 2.25. The molecule has 2 nitrogen and oxygen atoms in total. The van der Waals surface area contributed by atoms with Crippen molar-refractivity contribution in [3.05, 3.63) is 35.4 Å². The molecule has 0 heterocycles. The lowest BCUT2D eigenvalue weighted by Gasteiger charge is -2.18. The van der Waals surface area contributed by atoms with Gasteiger partial charge in [-0.15, -0.1) is 0 Å². The van der Waals surface area contributed by atoms with Crippen molar-refractivity contribution in [2.45, 2.75) is 27.2 Å². The van der Waals surface area contributed by atoms with Gasteiger partial charge in [-0.05, 0) is 5.56 Å². The molecule has 1 aromatic carbocycles. The number of rotatable bonds is 3. The third-order valence-corrected chi connectivity index (χ3v) is 2.25. The van der Waals surface area contributed by atoms with Crippen LogP contribution in [0.15, 0.2) is 24.3 Å². The van der Waals surface area contributed by atoms with Crippen LogP contribution in [0, 0.1) is 5.41 Å². The lowest BCUT2D eigenvalue weighted by Crippen LogP contribution is -2.21. The van der Waals surface area contributed by atoms with E-state index in [4.69, 9.17) is 0 Å². The summed E-state index contributed by atoms with van der Waals surface area (Å²) in [6.07, 6.45) is 1.13. The molecular formula is C13H16O2. The Bertz CT molecular complexity index is 372. The predicted octanol–water partition coefficient (Wildman–Crippen LogP) is 2.66. The highest BCUT2D eigenvalue weighted by Gasteiger charge is 2.24. The maximum absolute atomic E-state index is 12.0. The fraction of sp³-hybridized carbons (Fsp3) is 0.385. The van der Waals surface area contributed by atoms with Gasteiger partial charge in [0.2, 0.25) is 0 Å². The van der Waals surface area contributed by atoms with Crippen LogP contribution in [-0.4, -0.2) is 12.1 Å². The van der Waals surface area contributed by atoms with Crippen LogP contribution in [0.5, 0.6) is 0 Å². The van der Waals surface area contributed by atoms with E-state index in [2.05, 4.69) is 0 Å². The van der Waals surface area contributed by atoms with Crippen LogP contribution in [0.2, 0.25) is 0 Å². The van der Waals surface area contributed by atoms with E-state index in [1.807, 2.05) is 39.0 Å². The highest BCUT2D eigenvalue weighted by atomic mass is 16.1. The molecule has 1 aromatic rings. The minimum atomic E-state index is -0.404. The van der Waals surface area contributed by atoms with E-state index in [0.29, 0.717) is 12.0 Å². The van der Waals surface area contributed by atoms with Gasteiger partial charge in [0, 0.05) is 17.4 Å². The first-order valence-electron chi connectivity index (χ1n) is 5.03. The average Bonchev–Trinajstić information content (AvgIpc) is 2.17. The molecule has 0 N–H and O–H groups in total. The Morgan fingerprint density at radius 3 is 2.40 bits per heavy atom. The summed E-state index contributed by atoms with van der Waals surface area (Å²) in [6, 6.07) is 7.28. The zero-order chi connectivity index (χ0) is 11.5. The second kappa shape index (κ2) is 4.39. The van der Waals surface area contributed by atoms with Crippen LogP contribution >= 0.6 is 0 Å². The normalized spacial score (nSPS) is 11.1. The van der Waals surface area contributed by atoms with E-state index >= 15 is 0 Å². The van der Waals surface area contributed by atoms with Crippen molar-refractivity contribution in [3.8, 4) is 0 Å². The molecule has 80 valence electrons. The Balaban J connectivity index is 3.13. The molecule has 0 amide bonds. The molecule has 0 saturated carbocycles. The fourth-order valence-corrected chi connectivity index (χ4v) is 1.41. The minimum absolute atomic E-state index is 0.0833. The van der Waals surface area contributed by atoms with Gasteiger partial charge < -0.3 is 4.79 Å².